The van der Waals surface area contributed by atoms with Crippen molar-refractivity contribution in [1.82, 2.24) is 30.2 Å². The van der Waals surface area contributed by atoms with Crippen molar-refractivity contribution in [3.05, 3.63) is 40.5 Å². The average Bonchev–Trinajstić information content (AvgIpc) is 3.31. The number of hydrogen-bond donors (Lipinski definition) is 1. The molecule has 3 heterocycles. The van der Waals surface area contributed by atoms with Crippen molar-refractivity contribution in [2.24, 2.45) is 0 Å². The third-order valence-corrected chi connectivity index (χ3v) is 7.40. The summed E-state index contributed by atoms with van der Waals surface area (Å²) in [6.07, 6.45) is 5.92. The maximum Gasteiger partial charge on any atom is 0.214 e. The van der Waals surface area contributed by atoms with Gasteiger partial charge in [-0.05, 0) is 60.7 Å². The number of aryl methyl sites for hydroxylation is 2. The third-order valence-electron chi connectivity index (χ3n) is 5.30. The number of tetrazole rings is 1. The summed E-state index contributed by atoms with van der Waals surface area (Å²) in [4.78, 5) is 11.9. The van der Waals surface area contributed by atoms with E-state index in [1.165, 1.54) is 41.5 Å². The van der Waals surface area contributed by atoms with E-state index in [0.717, 1.165) is 34.5 Å². The Labute approximate surface area is 188 Å². The van der Waals surface area contributed by atoms with Gasteiger partial charge in [0.2, 0.25) is 5.16 Å². The number of thioether (sulfide) groups is 1. The maximum atomic E-state index is 6.38. The molecule has 10 heteroatoms. The first-order chi connectivity index (χ1) is 15.2. The van der Waals surface area contributed by atoms with Crippen LogP contribution in [0.4, 0.5) is 5.82 Å². The smallest absolute Gasteiger partial charge is 0.214 e. The van der Waals surface area contributed by atoms with E-state index in [1.807, 2.05) is 31.2 Å². The Morgan fingerprint density at radius 1 is 1.16 bits per heavy atom. The predicted molar refractivity (Wildman–Crippen MR) is 123 cm³/mol. The van der Waals surface area contributed by atoms with Gasteiger partial charge in [0.05, 0.1) is 17.7 Å². The highest BCUT2D eigenvalue weighted by Gasteiger charge is 2.20. The Morgan fingerprint density at radius 3 is 2.94 bits per heavy atom. The fraction of sp³-hybridized carbons (Fsp3) is 0.381. The van der Waals surface area contributed by atoms with Crippen molar-refractivity contribution in [2.75, 3.05) is 12.3 Å². The van der Waals surface area contributed by atoms with Gasteiger partial charge in [-0.2, -0.15) is 4.68 Å². The van der Waals surface area contributed by atoms with Crippen LogP contribution in [0.15, 0.2) is 29.4 Å². The number of nitrogens with two attached hydrogens (primary N) is 1. The molecule has 8 nitrogen and oxygen atoms in total. The van der Waals surface area contributed by atoms with Crippen LogP contribution in [-0.2, 0) is 18.6 Å². The van der Waals surface area contributed by atoms with Gasteiger partial charge in [0, 0.05) is 4.88 Å². The molecule has 5 rings (SSSR count). The average molecular weight is 454 g/mol. The predicted octanol–water partition coefficient (Wildman–Crippen LogP) is 4.21. The molecule has 0 unspecified atom stereocenters. The van der Waals surface area contributed by atoms with Crippen LogP contribution in [0.1, 0.15) is 42.5 Å². The summed E-state index contributed by atoms with van der Waals surface area (Å²) in [7, 11) is 0. The highest BCUT2D eigenvalue weighted by atomic mass is 32.2. The number of hydrogen-bond acceptors (Lipinski definition) is 9. The van der Waals surface area contributed by atoms with Gasteiger partial charge in [0.1, 0.15) is 27.9 Å². The largest absolute Gasteiger partial charge is 0.492 e. The fourth-order valence-corrected chi connectivity index (χ4v) is 5.96. The number of nitrogen functional groups attached to an aromatic ring is 1. The van der Waals surface area contributed by atoms with Crippen LogP contribution in [0.25, 0.3) is 15.9 Å². The Bertz CT molecular complexity index is 1220. The van der Waals surface area contributed by atoms with E-state index in [0.29, 0.717) is 29.2 Å². The molecule has 0 bridgehead atoms. The maximum absolute atomic E-state index is 6.38. The highest BCUT2D eigenvalue weighted by Crippen LogP contribution is 2.37. The number of fused-ring (bicyclic) bond motifs is 3. The molecule has 0 radical (unpaired) electrons. The molecule has 1 aromatic carbocycles. The normalized spacial score (nSPS) is 13.8. The molecular weight excluding hydrogens is 430 g/mol. The lowest BCUT2D eigenvalue weighted by atomic mass is 10.1. The first-order valence-corrected chi connectivity index (χ1v) is 12.2. The van der Waals surface area contributed by atoms with Gasteiger partial charge < -0.3 is 10.5 Å². The van der Waals surface area contributed by atoms with Crippen LogP contribution in [0, 0.1) is 0 Å². The Morgan fingerprint density at radius 2 is 2.03 bits per heavy atom. The van der Waals surface area contributed by atoms with Crippen LogP contribution in [0.2, 0.25) is 0 Å². The molecule has 0 fully saturated rings. The first-order valence-electron chi connectivity index (χ1n) is 10.4. The van der Waals surface area contributed by atoms with E-state index < -0.39 is 0 Å². The fourth-order valence-electron chi connectivity index (χ4n) is 3.93. The Balaban J connectivity index is 1.41. The minimum Gasteiger partial charge on any atom is -0.492 e. The van der Waals surface area contributed by atoms with Crippen molar-refractivity contribution in [3.8, 4) is 11.4 Å². The molecule has 31 heavy (non-hydrogen) atoms. The van der Waals surface area contributed by atoms with Crippen LogP contribution in [0.3, 0.4) is 0 Å². The molecular formula is C21H23N7OS2. The Hall–Kier alpha value is -2.72. The van der Waals surface area contributed by atoms with E-state index in [2.05, 4.69) is 20.5 Å². The molecule has 1 aliphatic carbocycles. The standard InChI is InChI=1S/C21H23N7OS2/c1-2-29-15-10-7-6-9-14(15)28-21(25-26-27-28)30-12-17-23-19(22)18-13-8-4-3-5-11-16(13)31-20(18)24-17/h6-7,9-10H,2-5,8,11-12H2,1H3,(H2,22,23,24). The second-order valence-corrected chi connectivity index (χ2v) is 9.36. The van der Waals surface area contributed by atoms with Crippen LogP contribution >= 0.6 is 23.1 Å². The lowest BCUT2D eigenvalue weighted by Gasteiger charge is -2.10. The number of aromatic nitrogens is 6. The monoisotopic (exact) mass is 453 g/mol. The van der Waals surface area contributed by atoms with Gasteiger partial charge in [-0.3, -0.25) is 0 Å². The van der Waals surface area contributed by atoms with Crippen molar-refractivity contribution in [1.29, 1.82) is 0 Å². The molecule has 1 aliphatic rings. The number of nitrogens with zero attached hydrogens (tertiary/aromatic N) is 6. The SMILES string of the molecule is CCOc1ccccc1-n1nnnc1SCc1nc(N)c2c3c(sc2n1)CCCCC3. The summed E-state index contributed by atoms with van der Waals surface area (Å²) in [6, 6.07) is 7.71. The molecule has 0 saturated carbocycles. The van der Waals surface area contributed by atoms with Gasteiger partial charge in [-0.25, -0.2) is 9.97 Å². The van der Waals surface area contributed by atoms with Crippen molar-refractivity contribution >= 4 is 39.1 Å². The number of thiophene rings is 1. The van der Waals surface area contributed by atoms with Gasteiger partial charge in [-0.1, -0.05) is 30.3 Å². The van der Waals surface area contributed by atoms with Crippen molar-refractivity contribution < 1.29 is 4.74 Å². The van der Waals surface area contributed by atoms with E-state index in [9.17, 15) is 0 Å². The number of ether oxygens (including phenoxy) is 1. The zero-order valence-corrected chi connectivity index (χ0v) is 18.9. The summed E-state index contributed by atoms with van der Waals surface area (Å²) in [5, 5.41) is 13.9. The summed E-state index contributed by atoms with van der Waals surface area (Å²) in [5.74, 6) is 2.54. The van der Waals surface area contributed by atoms with Gasteiger partial charge >= 0.3 is 0 Å². The number of para-hydroxylation sites is 2. The molecule has 160 valence electrons. The molecule has 0 aliphatic heterocycles. The quantitative estimate of drug-likeness (QED) is 0.342. The van der Waals surface area contributed by atoms with Gasteiger partial charge in [0.15, 0.2) is 0 Å². The molecule has 4 aromatic rings. The lowest BCUT2D eigenvalue weighted by molar-refractivity contribution is 0.337. The molecule has 0 atom stereocenters. The lowest BCUT2D eigenvalue weighted by Crippen LogP contribution is -2.04. The molecule has 3 aromatic heterocycles. The molecule has 0 saturated heterocycles. The third kappa shape index (κ3) is 3.97. The van der Waals surface area contributed by atoms with Crippen molar-refractivity contribution in [2.45, 2.75) is 49.9 Å². The second-order valence-electron chi connectivity index (χ2n) is 7.33. The molecule has 0 amide bonds. The summed E-state index contributed by atoms with van der Waals surface area (Å²) >= 11 is 3.25. The van der Waals surface area contributed by atoms with Crippen molar-refractivity contribution in [3.63, 3.8) is 0 Å². The zero-order chi connectivity index (χ0) is 21.2. The summed E-state index contributed by atoms with van der Waals surface area (Å²) in [6.45, 7) is 2.52. The van der Waals surface area contributed by atoms with Crippen LogP contribution < -0.4 is 10.5 Å². The van der Waals surface area contributed by atoms with Gasteiger partial charge in [0.25, 0.3) is 0 Å². The number of rotatable bonds is 6. The molecule has 0 spiro atoms. The van der Waals surface area contributed by atoms with Crippen LogP contribution in [0.5, 0.6) is 5.75 Å². The van der Waals surface area contributed by atoms with E-state index in [1.54, 1.807) is 16.0 Å². The zero-order valence-electron chi connectivity index (χ0n) is 17.2. The summed E-state index contributed by atoms with van der Waals surface area (Å²) < 4.78 is 7.41. The van der Waals surface area contributed by atoms with Gasteiger partial charge in [-0.15, -0.1) is 16.4 Å². The minimum atomic E-state index is 0.528. The van der Waals surface area contributed by atoms with E-state index in [-0.39, 0.29) is 0 Å². The first kappa shape index (κ1) is 20.2. The minimum absolute atomic E-state index is 0.528. The Kier molecular flexibility index (Phi) is 5.73. The number of anilines is 1. The number of benzene rings is 1. The van der Waals surface area contributed by atoms with E-state index in [4.69, 9.17) is 15.5 Å². The summed E-state index contributed by atoms with van der Waals surface area (Å²) in [5.41, 5.74) is 8.55. The molecule has 2 N–H and O–H groups in total. The van der Waals surface area contributed by atoms with E-state index >= 15 is 0 Å². The highest BCUT2D eigenvalue weighted by molar-refractivity contribution is 7.98. The second kappa shape index (κ2) is 8.80. The van der Waals surface area contributed by atoms with Crippen LogP contribution in [-0.4, -0.2) is 36.8 Å². The topological polar surface area (TPSA) is 105 Å².